The van der Waals surface area contributed by atoms with E-state index in [1.54, 1.807) is 4.90 Å². The number of aromatic nitrogens is 1. The number of nitrogens with two attached hydrogens (primary N) is 1. The summed E-state index contributed by atoms with van der Waals surface area (Å²) in [5, 5.41) is 0. The Morgan fingerprint density at radius 3 is 2.65 bits per heavy atom. The molecule has 2 aliphatic rings. The molecule has 0 radical (unpaired) electrons. The summed E-state index contributed by atoms with van der Waals surface area (Å²) in [7, 11) is 0. The van der Waals surface area contributed by atoms with E-state index in [-0.39, 0.29) is 31.0 Å². The van der Waals surface area contributed by atoms with E-state index in [2.05, 4.69) is 9.98 Å². The lowest BCUT2D eigenvalue weighted by Gasteiger charge is -2.27. The van der Waals surface area contributed by atoms with Crippen molar-refractivity contribution in [1.29, 1.82) is 0 Å². The van der Waals surface area contributed by atoms with E-state index >= 15 is 0 Å². The second kappa shape index (κ2) is 10.3. The molecule has 10 heteroatoms. The first-order chi connectivity index (χ1) is 16.3. The molecule has 3 heterocycles. The molecular formula is C24H25F3N4O3. The van der Waals surface area contributed by atoms with Crippen LogP contribution >= 0.6 is 0 Å². The van der Waals surface area contributed by atoms with Crippen molar-refractivity contribution in [1.82, 2.24) is 9.88 Å². The maximum absolute atomic E-state index is 13.7. The van der Waals surface area contributed by atoms with Gasteiger partial charge in [-0.05, 0) is 24.5 Å². The van der Waals surface area contributed by atoms with Gasteiger partial charge < -0.3 is 20.1 Å². The number of carbonyl (C=O) groups excluding carboxylic acids is 1. The Morgan fingerprint density at radius 1 is 1.21 bits per heavy atom. The van der Waals surface area contributed by atoms with Gasteiger partial charge in [0.2, 0.25) is 5.88 Å². The Morgan fingerprint density at radius 2 is 2.00 bits per heavy atom. The van der Waals surface area contributed by atoms with Crippen molar-refractivity contribution >= 4 is 17.3 Å². The number of likely N-dealkylation sites (tertiary alicyclic amines) is 1. The first-order valence-electron chi connectivity index (χ1n) is 11.0. The van der Waals surface area contributed by atoms with Gasteiger partial charge in [-0.15, -0.1) is 0 Å². The van der Waals surface area contributed by atoms with Crippen molar-refractivity contribution in [2.24, 2.45) is 10.7 Å². The van der Waals surface area contributed by atoms with Gasteiger partial charge in [-0.25, -0.2) is 4.98 Å². The number of halogens is 3. The number of ether oxygens (including phenoxy) is 2. The van der Waals surface area contributed by atoms with E-state index in [1.165, 1.54) is 6.07 Å². The Balaban J connectivity index is 1.53. The van der Waals surface area contributed by atoms with Crippen LogP contribution in [0.5, 0.6) is 5.88 Å². The Kier molecular flexibility index (Phi) is 7.16. The fourth-order valence-electron chi connectivity index (χ4n) is 4.00. The maximum Gasteiger partial charge on any atom is 0.417 e. The number of carbonyl (C=O) groups is 1. The van der Waals surface area contributed by atoms with Gasteiger partial charge in [0, 0.05) is 18.8 Å². The molecule has 0 saturated carbocycles. The fraction of sp³-hybridized carbons (Fsp3) is 0.375. The molecule has 1 amide bonds. The molecule has 0 aliphatic carbocycles. The van der Waals surface area contributed by atoms with Crippen LogP contribution in [0, 0.1) is 0 Å². The zero-order valence-corrected chi connectivity index (χ0v) is 18.4. The summed E-state index contributed by atoms with van der Waals surface area (Å²) in [4.78, 5) is 23.6. The molecule has 1 aromatic heterocycles. The third-order valence-corrected chi connectivity index (χ3v) is 5.76. The van der Waals surface area contributed by atoms with Crippen molar-refractivity contribution < 1.29 is 27.4 Å². The topological polar surface area (TPSA) is 90.0 Å². The molecule has 0 spiro atoms. The highest BCUT2D eigenvalue weighted by atomic mass is 19.4. The summed E-state index contributed by atoms with van der Waals surface area (Å²) in [5.41, 5.74) is 7.46. The molecule has 1 atom stereocenters. The number of nitrogens with zero attached hydrogens (tertiary/aromatic N) is 3. The predicted molar refractivity (Wildman–Crippen MR) is 120 cm³/mol. The zero-order valence-electron chi connectivity index (χ0n) is 18.4. The molecule has 180 valence electrons. The largest absolute Gasteiger partial charge is 0.475 e. The van der Waals surface area contributed by atoms with Gasteiger partial charge in [-0.2, -0.15) is 13.2 Å². The highest BCUT2D eigenvalue weighted by Crippen LogP contribution is 2.29. The standard InChI is InChI=1S/C24H25F3N4O3/c25-24(26,27)17-8-9-20(30-13-17)34-14-18-7-4-11-31(18)23(32)21(19-15-33-12-10-29-19)22(28)16-5-2-1-3-6-16/h1-3,5-6,8-9,13,18H,4,7,10-12,14-15,28H2/t18-/m0/s1. The van der Waals surface area contributed by atoms with Crippen molar-refractivity contribution in [2.45, 2.75) is 25.1 Å². The quantitative estimate of drug-likeness (QED) is 0.649. The van der Waals surface area contributed by atoms with Crippen LogP contribution in [0.3, 0.4) is 0 Å². The van der Waals surface area contributed by atoms with Gasteiger partial charge in [0.05, 0.1) is 48.3 Å². The van der Waals surface area contributed by atoms with Crippen LogP contribution in [0.15, 0.2) is 59.2 Å². The van der Waals surface area contributed by atoms with Gasteiger partial charge in [0.25, 0.3) is 5.91 Å². The molecule has 1 aromatic carbocycles. The minimum absolute atomic E-state index is 0.0666. The average molecular weight is 474 g/mol. The van der Waals surface area contributed by atoms with E-state index in [4.69, 9.17) is 15.2 Å². The minimum atomic E-state index is -4.47. The van der Waals surface area contributed by atoms with Crippen molar-refractivity contribution in [3.8, 4) is 5.88 Å². The number of pyridine rings is 1. The van der Waals surface area contributed by atoms with Gasteiger partial charge in [-0.1, -0.05) is 30.3 Å². The average Bonchev–Trinajstić information content (AvgIpc) is 3.32. The van der Waals surface area contributed by atoms with Gasteiger partial charge in [0.15, 0.2) is 0 Å². The molecule has 2 aromatic rings. The van der Waals surface area contributed by atoms with Crippen LogP contribution in [0.1, 0.15) is 24.0 Å². The van der Waals surface area contributed by atoms with E-state index in [0.717, 1.165) is 18.7 Å². The Hall–Kier alpha value is -3.40. The molecule has 1 saturated heterocycles. The summed E-state index contributed by atoms with van der Waals surface area (Å²) >= 11 is 0. The summed E-state index contributed by atoms with van der Waals surface area (Å²) in [6, 6.07) is 11.0. The Labute approximate surface area is 195 Å². The lowest BCUT2D eigenvalue weighted by molar-refractivity contribution is -0.138. The lowest BCUT2D eigenvalue weighted by atomic mass is 10.0. The van der Waals surface area contributed by atoms with Gasteiger partial charge in [-0.3, -0.25) is 9.79 Å². The summed E-state index contributed by atoms with van der Waals surface area (Å²) in [6.07, 6.45) is -2.28. The third-order valence-electron chi connectivity index (χ3n) is 5.76. The second-order valence-electron chi connectivity index (χ2n) is 8.02. The summed E-state index contributed by atoms with van der Waals surface area (Å²) in [5.74, 6) is -0.200. The number of amides is 1. The van der Waals surface area contributed by atoms with Crippen molar-refractivity contribution in [3.05, 3.63) is 65.4 Å². The molecule has 1 fully saturated rings. The minimum Gasteiger partial charge on any atom is -0.475 e. The van der Waals surface area contributed by atoms with Crippen molar-refractivity contribution in [2.75, 3.05) is 32.9 Å². The second-order valence-corrected chi connectivity index (χ2v) is 8.02. The van der Waals surface area contributed by atoms with E-state index < -0.39 is 11.7 Å². The van der Waals surface area contributed by atoms with Crippen LogP contribution in [0.25, 0.3) is 5.70 Å². The van der Waals surface area contributed by atoms with Gasteiger partial charge in [0.1, 0.15) is 6.61 Å². The van der Waals surface area contributed by atoms with E-state index in [0.29, 0.717) is 48.7 Å². The normalized spacial score (nSPS) is 19.4. The Bertz CT molecular complexity index is 1070. The van der Waals surface area contributed by atoms with Crippen LogP contribution in [-0.4, -0.2) is 60.5 Å². The highest BCUT2D eigenvalue weighted by molar-refractivity contribution is 6.26. The predicted octanol–water partition coefficient (Wildman–Crippen LogP) is 3.31. The molecule has 0 unspecified atom stereocenters. The smallest absolute Gasteiger partial charge is 0.417 e. The zero-order chi connectivity index (χ0) is 24.1. The van der Waals surface area contributed by atoms with Crippen molar-refractivity contribution in [3.63, 3.8) is 0 Å². The number of aliphatic imine (C=N–C) groups is 1. The maximum atomic E-state index is 13.7. The molecule has 4 rings (SSSR count). The molecule has 2 aliphatic heterocycles. The van der Waals surface area contributed by atoms with E-state index in [9.17, 15) is 18.0 Å². The number of benzene rings is 1. The fourth-order valence-corrected chi connectivity index (χ4v) is 4.00. The van der Waals surface area contributed by atoms with E-state index in [1.807, 2.05) is 30.3 Å². The summed E-state index contributed by atoms with van der Waals surface area (Å²) in [6.45, 7) is 1.73. The highest BCUT2D eigenvalue weighted by Gasteiger charge is 2.35. The molecule has 0 bridgehead atoms. The number of hydrogen-bond donors (Lipinski definition) is 1. The molecule has 34 heavy (non-hydrogen) atoms. The van der Waals surface area contributed by atoms with Crippen LogP contribution in [0.2, 0.25) is 0 Å². The third kappa shape index (κ3) is 5.39. The van der Waals surface area contributed by atoms with Crippen LogP contribution in [0.4, 0.5) is 13.2 Å². The molecule has 7 nitrogen and oxygen atoms in total. The van der Waals surface area contributed by atoms with Crippen LogP contribution in [-0.2, 0) is 15.7 Å². The first-order valence-corrected chi connectivity index (χ1v) is 11.0. The molecule has 2 N–H and O–H groups in total. The number of hydrogen-bond acceptors (Lipinski definition) is 6. The SMILES string of the molecule is NC(=C(C(=O)N1CCC[C@H]1COc1ccc(C(F)(F)F)cn1)C1=NCCOC1)c1ccccc1. The lowest BCUT2D eigenvalue weighted by Crippen LogP contribution is -2.42. The first kappa shape index (κ1) is 23.7. The number of alkyl halides is 3. The number of rotatable bonds is 6. The monoisotopic (exact) mass is 474 g/mol. The molecular weight excluding hydrogens is 449 g/mol. The van der Waals surface area contributed by atoms with Crippen LogP contribution < -0.4 is 10.5 Å². The summed E-state index contributed by atoms with van der Waals surface area (Å²) < 4.78 is 49.4. The van der Waals surface area contributed by atoms with Gasteiger partial charge >= 0.3 is 6.18 Å².